The predicted molar refractivity (Wildman–Crippen MR) is 90.6 cm³/mol. The lowest BCUT2D eigenvalue weighted by Crippen LogP contribution is -2.47. The third-order valence-corrected chi connectivity index (χ3v) is 4.19. The third-order valence-electron chi connectivity index (χ3n) is 4.19. The first-order valence-electron chi connectivity index (χ1n) is 8.06. The Morgan fingerprint density at radius 3 is 2.56 bits per heavy atom. The molecule has 2 heterocycles. The van der Waals surface area contributed by atoms with Crippen LogP contribution >= 0.6 is 0 Å². The van der Waals surface area contributed by atoms with Crippen LogP contribution in [0.3, 0.4) is 0 Å². The summed E-state index contributed by atoms with van der Waals surface area (Å²) < 4.78 is 5.30. The second-order valence-electron chi connectivity index (χ2n) is 5.69. The number of aliphatic hydroxyl groups is 1. The number of aromatic nitrogens is 3. The minimum Gasteiger partial charge on any atom is -0.494 e. The van der Waals surface area contributed by atoms with E-state index < -0.39 is 5.97 Å². The van der Waals surface area contributed by atoms with E-state index in [-0.39, 0.29) is 12.3 Å². The predicted octanol–water partition coefficient (Wildman–Crippen LogP) is 0.0884. The van der Waals surface area contributed by atoms with E-state index in [2.05, 4.69) is 15.1 Å². The van der Waals surface area contributed by atoms with Gasteiger partial charge in [0.25, 0.3) is 0 Å². The van der Waals surface area contributed by atoms with Crippen LogP contribution in [0.1, 0.15) is 10.5 Å². The largest absolute Gasteiger partial charge is 0.494 e. The van der Waals surface area contributed by atoms with Gasteiger partial charge in [-0.15, -0.1) is 15.0 Å². The highest BCUT2D eigenvalue weighted by atomic mass is 16.5. The number of aromatic carboxylic acids is 1. The molecule has 2 aromatic rings. The number of anilines is 1. The fraction of sp³-hybridized carbons (Fsp3) is 0.438. The fourth-order valence-electron chi connectivity index (χ4n) is 2.88. The lowest BCUT2D eigenvalue weighted by Gasteiger charge is -2.34. The average molecular weight is 347 g/mol. The van der Waals surface area contributed by atoms with Crippen molar-refractivity contribution < 1.29 is 19.7 Å². The molecule has 1 saturated heterocycles. The summed E-state index contributed by atoms with van der Waals surface area (Å²) in [5, 5.41) is 27.1. The van der Waals surface area contributed by atoms with Crippen molar-refractivity contribution in [3.05, 3.63) is 30.0 Å². The number of rotatable bonds is 6. The van der Waals surface area contributed by atoms with Gasteiger partial charge < -0.3 is 19.8 Å². The second kappa shape index (κ2) is 7.49. The summed E-state index contributed by atoms with van der Waals surface area (Å²) in [6, 6.07) is 7.18. The summed E-state index contributed by atoms with van der Waals surface area (Å²) in [7, 11) is 1.54. The molecule has 0 saturated carbocycles. The maximum atomic E-state index is 11.6. The minimum absolute atomic E-state index is 0.0819. The Balaban J connectivity index is 1.90. The van der Waals surface area contributed by atoms with Gasteiger partial charge in [0, 0.05) is 32.7 Å². The number of benzene rings is 1. The van der Waals surface area contributed by atoms with Crippen LogP contribution in [0.4, 0.5) is 5.82 Å². The number of para-hydroxylation sites is 2. The molecule has 9 nitrogen and oxygen atoms in total. The van der Waals surface area contributed by atoms with Crippen molar-refractivity contribution in [2.24, 2.45) is 0 Å². The minimum atomic E-state index is -1.12. The highest BCUT2D eigenvalue weighted by molar-refractivity contribution is 5.91. The van der Waals surface area contributed by atoms with Crippen molar-refractivity contribution in [3.63, 3.8) is 0 Å². The molecular formula is C16H21N5O4. The van der Waals surface area contributed by atoms with Crippen molar-refractivity contribution in [1.29, 1.82) is 0 Å². The van der Waals surface area contributed by atoms with Crippen LogP contribution in [0.15, 0.2) is 24.3 Å². The topological polar surface area (TPSA) is 104 Å². The van der Waals surface area contributed by atoms with Crippen LogP contribution in [-0.4, -0.2) is 82.5 Å². The normalized spacial score (nSPS) is 15.4. The molecule has 0 aliphatic carbocycles. The second-order valence-corrected chi connectivity index (χ2v) is 5.69. The smallest absolute Gasteiger partial charge is 0.360 e. The molecule has 2 N–H and O–H groups in total. The summed E-state index contributed by atoms with van der Waals surface area (Å²) in [4.78, 5) is 17.0. The molecular weight excluding hydrogens is 326 g/mol. The van der Waals surface area contributed by atoms with Gasteiger partial charge in [0.05, 0.1) is 13.7 Å². The van der Waals surface area contributed by atoms with E-state index in [0.29, 0.717) is 36.9 Å². The van der Waals surface area contributed by atoms with Crippen molar-refractivity contribution >= 4 is 11.8 Å². The van der Waals surface area contributed by atoms with E-state index in [1.165, 1.54) is 4.80 Å². The molecule has 0 unspecified atom stereocenters. The molecule has 1 aromatic heterocycles. The number of ether oxygens (including phenoxy) is 1. The van der Waals surface area contributed by atoms with Crippen molar-refractivity contribution in [3.8, 4) is 11.4 Å². The number of hydrogen-bond donors (Lipinski definition) is 2. The quantitative estimate of drug-likeness (QED) is 0.758. The number of carbonyl (C=O) groups is 1. The number of β-amino-alcohol motifs (C(OH)–C–C–N with tert-alkyl or cyclic N) is 1. The standard InChI is InChI=1S/C16H21N5O4/c1-25-13-5-3-2-4-12(13)21-17-14(16(23)24)15(18-21)20-8-6-19(7-9-20)10-11-22/h2-5,22H,6-11H2,1H3,(H,23,24). The Bertz CT molecular complexity index is 740. The SMILES string of the molecule is COc1ccccc1-n1nc(C(=O)O)c(N2CCN(CCO)CC2)n1. The van der Waals surface area contributed by atoms with Gasteiger partial charge in [0.2, 0.25) is 5.69 Å². The van der Waals surface area contributed by atoms with Crippen LogP contribution in [0.2, 0.25) is 0 Å². The summed E-state index contributed by atoms with van der Waals surface area (Å²) >= 11 is 0. The molecule has 9 heteroatoms. The zero-order chi connectivity index (χ0) is 17.8. The lowest BCUT2D eigenvalue weighted by atomic mass is 10.3. The number of piperazine rings is 1. The van der Waals surface area contributed by atoms with Crippen LogP contribution in [-0.2, 0) is 0 Å². The zero-order valence-corrected chi connectivity index (χ0v) is 14.0. The summed E-state index contributed by atoms with van der Waals surface area (Å²) in [6.07, 6.45) is 0. The van der Waals surface area contributed by atoms with Crippen molar-refractivity contribution in [2.45, 2.75) is 0 Å². The van der Waals surface area contributed by atoms with Crippen LogP contribution in [0, 0.1) is 0 Å². The molecule has 1 aliphatic rings. The van der Waals surface area contributed by atoms with E-state index in [9.17, 15) is 9.90 Å². The Labute approximate surface area is 145 Å². The molecule has 0 amide bonds. The van der Waals surface area contributed by atoms with E-state index in [0.717, 1.165) is 13.1 Å². The summed E-state index contributed by atoms with van der Waals surface area (Å²) in [5.41, 5.74) is 0.499. The van der Waals surface area contributed by atoms with E-state index in [4.69, 9.17) is 9.84 Å². The molecule has 0 atom stereocenters. The molecule has 3 rings (SSSR count). The number of hydrogen-bond acceptors (Lipinski definition) is 7. The maximum absolute atomic E-state index is 11.6. The number of methoxy groups -OCH3 is 1. The summed E-state index contributed by atoms with van der Waals surface area (Å²) in [6.45, 7) is 3.47. The van der Waals surface area contributed by atoms with Gasteiger partial charge in [0.1, 0.15) is 11.4 Å². The average Bonchev–Trinajstić information content (AvgIpc) is 3.08. The van der Waals surface area contributed by atoms with Gasteiger partial charge in [-0.2, -0.15) is 0 Å². The lowest BCUT2D eigenvalue weighted by molar-refractivity contribution is 0.0690. The number of carboxylic acid groups (broad SMARTS) is 1. The Kier molecular flexibility index (Phi) is 5.15. The maximum Gasteiger partial charge on any atom is 0.360 e. The monoisotopic (exact) mass is 347 g/mol. The Morgan fingerprint density at radius 1 is 1.20 bits per heavy atom. The molecule has 1 aromatic carbocycles. The highest BCUT2D eigenvalue weighted by Gasteiger charge is 2.27. The molecule has 1 aliphatic heterocycles. The Morgan fingerprint density at radius 2 is 1.92 bits per heavy atom. The molecule has 1 fully saturated rings. The first-order valence-corrected chi connectivity index (χ1v) is 8.06. The molecule has 0 spiro atoms. The third kappa shape index (κ3) is 3.57. The number of carboxylic acids is 1. The number of aliphatic hydroxyl groups excluding tert-OH is 1. The molecule has 134 valence electrons. The number of nitrogens with zero attached hydrogens (tertiary/aromatic N) is 5. The van der Waals surface area contributed by atoms with Crippen LogP contribution < -0.4 is 9.64 Å². The van der Waals surface area contributed by atoms with Gasteiger partial charge >= 0.3 is 5.97 Å². The molecule has 0 bridgehead atoms. The molecule has 25 heavy (non-hydrogen) atoms. The van der Waals surface area contributed by atoms with Gasteiger partial charge in [-0.05, 0) is 12.1 Å². The van der Waals surface area contributed by atoms with E-state index in [1.54, 1.807) is 19.2 Å². The Hall–Kier alpha value is -2.65. The first-order chi connectivity index (χ1) is 12.1. The van der Waals surface area contributed by atoms with E-state index in [1.807, 2.05) is 17.0 Å². The highest BCUT2D eigenvalue weighted by Crippen LogP contribution is 2.24. The first kappa shape index (κ1) is 17.2. The van der Waals surface area contributed by atoms with Crippen LogP contribution in [0.5, 0.6) is 5.75 Å². The van der Waals surface area contributed by atoms with Crippen LogP contribution in [0.25, 0.3) is 5.69 Å². The van der Waals surface area contributed by atoms with Crippen molar-refractivity contribution in [2.75, 3.05) is 51.3 Å². The van der Waals surface area contributed by atoms with Gasteiger partial charge in [0.15, 0.2) is 5.82 Å². The summed E-state index contributed by atoms with van der Waals surface area (Å²) in [5.74, 6) is -0.204. The van der Waals surface area contributed by atoms with Gasteiger partial charge in [-0.1, -0.05) is 12.1 Å². The van der Waals surface area contributed by atoms with Gasteiger partial charge in [-0.3, -0.25) is 4.90 Å². The van der Waals surface area contributed by atoms with E-state index >= 15 is 0 Å². The fourth-order valence-corrected chi connectivity index (χ4v) is 2.88. The van der Waals surface area contributed by atoms with Crippen molar-refractivity contribution in [1.82, 2.24) is 19.9 Å². The molecule has 0 radical (unpaired) electrons. The van der Waals surface area contributed by atoms with Gasteiger partial charge in [-0.25, -0.2) is 4.79 Å². The zero-order valence-electron chi connectivity index (χ0n) is 14.0.